The summed E-state index contributed by atoms with van der Waals surface area (Å²) in [4.78, 5) is 0. The Bertz CT molecular complexity index is 525. The summed E-state index contributed by atoms with van der Waals surface area (Å²) in [7, 11) is 0. The largest absolute Gasteiger partial charge is 0.573 e. The minimum absolute atomic E-state index is 0.0933. The number of hydrogen-bond donors (Lipinski definition) is 1. The molecular weight excluding hydrogens is 275 g/mol. The first-order chi connectivity index (χ1) is 8.96. The molecule has 1 atom stereocenters. The van der Waals surface area contributed by atoms with E-state index in [0.717, 1.165) is 5.56 Å². The van der Waals surface area contributed by atoms with Crippen LogP contribution < -0.4 is 10.1 Å². The van der Waals surface area contributed by atoms with Crippen molar-refractivity contribution in [3.63, 3.8) is 0 Å². The molecule has 0 aliphatic heterocycles. The van der Waals surface area contributed by atoms with E-state index in [2.05, 4.69) is 10.1 Å². The number of anilines is 1. The van der Waals surface area contributed by atoms with Crippen molar-refractivity contribution in [3.8, 4) is 5.75 Å². The molecule has 1 unspecified atom stereocenters. The van der Waals surface area contributed by atoms with Gasteiger partial charge in [0, 0.05) is 6.04 Å². The van der Waals surface area contributed by atoms with Gasteiger partial charge < -0.3 is 10.1 Å². The summed E-state index contributed by atoms with van der Waals surface area (Å²) < 4.78 is 40.8. The molecule has 0 amide bonds. The van der Waals surface area contributed by atoms with E-state index < -0.39 is 6.36 Å². The summed E-state index contributed by atoms with van der Waals surface area (Å²) >= 11 is 1.54. The van der Waals surface area contributed by atoms with Gasteiger partial charge in [0.1, 0.15) is 0 Å². The molecular formula is C13H12F3NOS. The fourth-order valence-corrected chi connectivity index (χ4v) is 2.39. The third-order valence-corrected chi connectivity index (χ3v) is 3.23. The molecule has 0 aliphatic rings. The van der Waals surface area contributed by atoms with Crippen LogP contribution in [0, 0.1) is 0 Å². The highest BCUT2D eigenvalue weighted by Crippen LogP contribution is 2.32. The van der Waals surface area contributed by atoms with Crippen LogP contribution in [0.3, 0.4) is 0 Å². The van der Waals surface area contributed by atoms with E-state index in [4.69, 9.17) is 0 Å². The average molecular weight is 287 g/mol. The Morgan fingerprint density at radius 2 is 1.95 bits per heavy atom. The number of para-hydroxylation sites is 2. The molecule has 0 aliphatic carbocycles. The third-order valence-electron chi connectivity index (χ3n) is 2.53. The molecule has 0 saturated heterocycles. The molecule has 2 nitrogen and oxygen atoms in total. The number of halogens is 3. The Kier molecular flexibility index (Phi) is 3.99. The zero-order valence-electron chi connectivity index (χ0n) is 10.1. The van der Waals surface area contributed by atoms with Gasteiger partial charge in [0.15, 0.2) is 5.75 Å². The highest BCUT2D eigenvalue weighted by molar-refractivity contribution is 7.07. The lowest BCUT2D eigenvalue weighted by Crippen LogP contribution is -2.18. The number of ether oxygens (including phenoxy) is 1. The summed E-state index contributed by atoms with van der Waals surface area (Å²) in [5.74, 6) is -0.225. The highest BCUT2D eigenvalue weighted by Gasteiger charge is 2.32. The average Bonchev–Trinajstić information content (AvgIpc) is 2.83. The van der Waals surface area contributed by atoms with Gasteiger partial charge in [0.2, 0.25) is 0 Å². The smallest absolute Gasteiger partial charge is 0.404 e. The molecule has 6 heteroatoms. The number of alkyl halides is 3. The normalized spacial score (nSPS) is 13.1. The van der Waals surface area contributed by atoms with Crippen LogP contribution in [0.5, 0.6) is 5.75 Å². The topological polar surface area (TPSA) is 21.3 Å². The van der Waals surface area contributed by atoms with Gasteiger partial charge in [-0.25, -0.2) is 0 Å². The van der Waals surface area contributed by atoms with Crippen LogP contribution in [0.4, 0.5) is 18.9 Å². The molecule has 19 heavy (non-hydrogen) atoms. The third kappa shape index (κ3) is 3.89. The maximum atomic E-state index is 12.3. The van der Waals surface area contributed by atoms with Gasteiger partial charge in [-0.3, -0.25) is 0 Å². The number of rotatable bonds is 4. The van der Waals surface area contributed by atoms with E-state index in [0.29, 0.717) is 5.69 Å². The Labute approximate surface area is 112 Å². The van der Waals surface area contributed by atoms with Crippen molar-refractivity contribution in [3.05, 3.63) is 46.7 Å². The number of thiophene rings is 1. The Morgan fingerprint density at radius 1 is 1.21 bits per heavy atom. The van der Waals surface area contributed by atoms with Crippen molar-refractivity contribution in [2.24, 2.45) is 0 Å². The SMILES string of the molecule is CC(Nc1ccccc1OC(F)(F)F)c1ccsc1. The molecule has 2 aromatic rings. The van der Waals surface area contributed by atoms with E-state index in [1.807, 2.05) is 23.8 Å². The maximum absolute atomic E-state index is 12.3. The second-order valence-electron chi connectivity index (χ2n) is 3.97. The van der Waals surface area contributed by atoms with Crippen LogP contribution in [0.25, 0.3) is 0 Å². The van der Waals surface area contributed by atoms with Gasteiger partial charge in [-0.2, -0.15) is 11.3 Å². The zero-order chi connectivity index (χ0) is 13.9. The highest BCUT2D eigenvalue weighted by atomic mass is 32.1. The number of hydrogen-bond acceptors (Lipinski definition) is 3. The van der Waals surface area contributed by atoms with Crippen molar-refractivity contribution < 1.29 is 17.9 Å². The van der Waals surface area contributed by atoms with Gasteiger partial charge >= 0.3 is 6.36 Å². The molecule has 1 aromatic heterocycles. The van der Waals surface area contributed by atoms with Crippen LogP contribution in [0.1, 0.15) is 18.5 Å². The first-order valence-electron chi connectivity index (χ1n) is 5.59. The van der Waals surface area contributed by atoms with Crippen LogP contribution >= 0.6 is 11.3 Å². The Balaban J connectivity index is 2.16. The molecule has 0 saturated carbocycles. The van der Waals surface area contributed by atoms with E-state index in [1.54, 1.807) is 23.5 Å². The Morgan fingerprint density at radius 3 is 2.58 bits per heavy atom. The fraction of sp³-hybridized carbons (Fsp3) is 0.231. The molecule has 1 N–H and O–H groups in total. The standard InChI is InChI=1S/C13H12F3NOS/c1-9(10-6-7-19-8-10)17-11-4-2-3-5-12(11)18-13(14,15)16/h2-9,17H,1H3. The molecule has 0 bridgehead atoms. The van der Waals surface area contributed by atoms with Crippen molar-refractivity contribution >= 4 is 17.0 Å². The lowest BCUT2D eigenvalue weighted by atomic mass is 10.1. The van der Waals surface area contributed by atoms with Crippen LogP contribution in [0.2, 0.25) is 0 Å². The minimum Gasteiger partial charge on any atom is -0.404 e. The Hall–Kier alpha value is -1.69. The molecule has 0 fully saturated rings. The summed E-state index contributed by atoms with van der Waals surface area (Å²) in [6.45, 7) is 1.88. The second-order valence-corrected chi connectivity index (χ2v) is 4.75. The predicted octanol–water partition coefficient (Wildman–Crippen LogP) is 4.82. The van der Waals surface area contributed by atoms with Crippen molar-refractivity contribution in [2.75, 3.05) is 5.32 Å². The van der Waals surface area contributed by atoms with E-state index in [1.165, 1.54) is 12.1 Å². The molecule has 0 radical (unpaired) electrons. The van der Waals surface area contributed by atoms with Crippen LogP contribution in [-0.2, 0) is 0 Å². The van der Waals surface area contributed by atoms with Crippen LogP contribution in [-0.4, -0.2) is 6.36 Å². The lowest BCUT2D eigenvalue weighted by molar-refractivity contribution is -0.274. The summed E-state index contributed by atoms with van der Waals surface area (Å²) in [5, 5.41) is 6.89. The van der Waals surface area contributed by atoms with E-state index in [-0.39, 0.29) is 11.8 Å². The van der Waals surface area contributed by atoms with Gasteiger partial charge in [0.05, 0.1) is 5.69 Å². The molecule has 0 spiro atoms. The monoisotopic (exact) mass is 287 g/mol. The van der Waals surface area contributed by atoms with Gasteiger partial charge in [0.25, 0.3) is 0 Å². The first-order valence-corrected chi connectivity index (χ1v) is 6.53. The molecule has 1 heterocycles. The van der Waals surface area contributed by atoms with Crippen LogP contribution in [0.15, 0.2) is 41.1 Å². The maximum Gasteiger partial charge on any atom is 0.573 e. The zero-order valence-corrected chi connectivity index (χ0v) is 10.9. The quantitative estimate of drug-likeness (QED) is 0.870. The van der Waals surface area contributed by atoms with Crippen molar-refractivity contribution in [1.82, 2.24) is 0 Å². The van der Waals surface area contributed by atoms with Gasteiger partial charge in [-0.05, 0) is 41.4 Å². The number of nitrogens with one attached hydrogen (secondary N) is 1. The minimum atomic E-state index is -4.69. The lowest BCUT2D eigenvalue weighted by Gasteiger charge is -2.18. The second kappa shape index (κ2) is 5.52. The molecule has 1 aromatic carbocycles. The number of benzene rings is 1. The summed E-state index contributed by atoms with van der Waals surface area (Å²) in [6.07, 6.45) is -4.69. The predicted molar refractivity (Wildman–Crippen MR) is 69.5 cm³/mol. The van der Waals surface area contributed by atoms with Crippen molar-refractivity contribution in [1.29, 1.82) is 0 Å². The van der Waals surface area contributed by atoms with E-state index >= 15 is 0 Å². The molecule has 2 rings (SSSR count). The fourth-order valence-electron chi connectivity index (χ4n) is 1.64. The van der Waals surface area contributed by atoms with Gasteiger partial charge in [-0.1, -0.05) is 12.1 Å². The summed E-state index contributed by atoms with van der Waals surface area (Å²) in [6, 6.07) is 7.84. The van der Waals surface area contributed by atoms with Crippen molar-refractivity contribution in [2.45, 2.75) is 19.3 Å². The van der Waals surface area contributed by atoms with Gasteiger partial charge in [-0.15, -0.1) is 13.2 Å². The summed E-state index contributed by atoms with van der Waals surface area (Å²) in [5.41, 5.74) is 1.34. The molecule has 102 valence electrons. The van der Waals surface area contributed by atoms with E-state index in [9.17, 15) is 13.2 Å². The first kappa shape index (κ1) is 13.7.